The molecule has 3 atom stereocenters. The lowest BCUT2D eigenvalue weighted by atomic mass is 10.0. The number of hydrogen-bond donors (Lipinski definition) is 2. The zero-order valence-corrected chi connectivity index (χ0v) is 22.6. The molecule has 1 rings (SSSR count). The molecule has 204 valence electrons. The molecule has 0 aromatic heterocycles. The van der Waals surface area contributed by atoms with Gasteiger partial charge in [-0.2, -0.15) is 0 Å². The Bertz CT molecular complexity index is 598. The van der Waals surface area contributed by atoms with Crippen molar-refractivity contribution in [2.45, 2.75) is 136 Å². The zero-order chi connectivity index (χ0) is 25.9. The van der Waals surface area contributed by atoms with E-state index in [2.05, 4.69) is 17.6 Å². The highest BCUT2D eigenvalue weighted by Gasteiger charge is 2.34. The third-order valence-electron chi connectivity index (χ3n) is 6.20. The van der Waals surface area contributed by atoms with Gasteiger partial charge in [0.2, 0.25) is 12.2 Å². The summed E-state index contributed by atoms with van der Waals surface area (Å²) in [7, 11) is 0. The van der Waals surface area contributed by atoms with Crippen LogP contribution in [-0.2, 0) is 23.8 Å². The van der Waals surface area contributed by atoms with E-state index in [0.29, 0.717) is 26.1 Å². The number of hydrogen-bond acceptors (Lipinski definition) is 6. The van der Waals surface area contributed by atoms with E-state index >= 15 is 0 Å². The van der Waals surface area contributed by atoms with E-state index in [1.807, 2.05) is 13.8 Å². The molecule has 1 saturated heterocycles. The van der Waals surface area contributed by atoms with Crippen LogP contribution in [0.2, 0.25) is 0 Å². The fourth-order valence-electron chi connectivity index (χ4n) is 4.26. The predicted octanol–water partition coefficient (Wildman–Crippen LogP) is 5.62. The Morgan fingerprint density at radius 1 is 0.914 bits per heavy atom. The molecule has 1 aliphatic rings. The van der Waals surface area contributed by atoms with Crippen LogP contribution >= 0.6 is 0 Å². The number of nitrogens with one attached hydrogen (secondary N) is 2. The molecule has 0 spiro atoms. The monoisotopic (exact) mass is 498 g/mol. The molecule has 8 nitrogen and oxygen atoms in total. The van der Waals surface area contributed by atoms with Crippen LogP contribution in [0.1, 0.15) is 118 Å². The summed E-state index contributed by atoms with van der Waals surface area (Å²) in [5.74, 6) is -0.588. The van der Waals surface area contributed by atoms with Crippen LogP contribution in [0.25, 0.3) is 0 Å². The van der Waals surface area contributed by atoms with Gasteiger partial charge in [0.1, 0.15) is 6.04 Å². The lowest BCUT2D eigenvalue weighted by Crippen LogP contribution is -2.52. The van der Waals surface area contributed by atoms with Crippen LogP contribution in [0.5, 0.6) is 0 Å². The smallest absolute Gasteiger partial charge is 0.407 e. The minimum absolute atomic E-state index is 0.200. The topological polar surface area (TPSA) is 103 Å². The fraction of sp³-hybridized carbons (Fsp3) is 0.889. The third-order valence-corrected chi connectivity index (χ3v) is 6.20. The van der Waals surface area contributed by atoms with Crippen molar-refractivity contribution < 1.29 is 28.6 Å². The Labute approximate surface area is 212 Å². The van der Waals surface area contributed by atoms with E-state index in [0.717, 1.165) is 19.3 Å². The van der Waals surface area contributed by atoms with Crippen LogP contribution in [0.3, 0.4) is 0 Å². The highest BCUT2D eigenvalue weighted by Crippen LogP contribution is 2.16. The predicted molar refractivity (Wildman–Crippen MR) is 137 cm³/mol. The van der Waals surface area contributed by atoms with Gasteiger partial charge >= 0.3 is 12.1 Å². The average Bonchev–Trinajstić information content (AvgIpc) is 3.21. The second kappa shape index (κ2) is 19.4. The molecule has 2 amide bonds. The quantitative estimate of drug-likeness (QED) is 0.177. The van der Waals surface area contributed by atoms with Gasteiger partial charge in [0, 0.05) is 6.92 Å². The van der Waals surface area contributed by atoms with Gasteiger partial charge in [-0.05, 0) is 25.2 Å². The highest BCUT2D eigenvalue weighted by molar-refractivity contribution is 5.85. The van der Waals surface area contributed by atoms with Crippen LogP contribution in [0.4, 0.5) is 4.79 Å². The molecule has 8 heteroatoms. The molecule has 0 saturated carbocycles. The van der Waals surface area contributed by atoms with Gasteiger partial charge in [-0.15, -0.1) is 0 Å². The van der Waals surface area contributed by atoms with E-state index in [4.69, 9.17) is 14.2 Å². The number of alkyl carbamates (subject to hydrolysis) is 1. The standard InChI is InChI=1S/C27H50N2O6/c1-5-6-7-8-9-10-11-12-13-14-15-16-18-34-27(32)29-24(20-21(2)3)25(31)28-23-17-19-33-26(23)35-22(4)30/h21,23-24,26H,5-20H2,1-4H3,(H,28,31)(H,29,32)/t23-,24?,26-/m0/s1. The minimum atomic E-state index is -0.797. The highest BCUT2D eigenvalue weighted by atomic mass is 16.7. The molecule has 0 aromatic carbocycles. The molecule has 0 radical (unpaired) electrons. The summed E-state index contributed by atoms with van der Waals surface area (Å²) in [5.41, 5.74) is 0. The van der Waals surface area contributed by atoms with Gasteiger partial charge in [-0.3, -0.25) is 9.59 Å². The summed E-state index contributed by atoms with van der Waals surface area (Å²) >= 11 is 0. The van der Waals surface area contributed by atoms with Gasteiger partial charge in [0.25, 0.3) is 0 Å². The maximum absolute atomic E-state index is 12.8. The van der Waals surface area contributed by atoms with Crippen molar-refractivity contribution >= 4 is 18.0 Å². The van der Waals surface area contributed by atoms with Crippen LogP contribution in [0.15, 0.2) is 0 Å². The van der Waals surface area contributed by atoms with Gasteiger partial charge in [0.15, 0.2) is 0 Å². The molecule has 1 heterocycles. The molecule has 1 unspecified atom stereocenters. The molecule has 35 heavy (non-hydrogen) atoms. The van der Waals surface area contributed by atoms with Crippen molar-refractivity contribution in [3.63, 3.8) is 0 Å². The molecule has 0 bridgehead atoms. The van der Waals surface area contributed by atoms with Crippen molar-refractivity contribution in [2.75, 3.05) is 13.2 Å². The molecular weight excluding hydrogens is 448 g/mol. The number of esters is 1. The summed E-state index contributed by atoms with van der Waals surface area (Å²) < 4.78 is 15.8. The Balaban J connectivity index is 2.21. The number of carbonyl (C=O) groups excluding carboxylic acids is 3. The largest absolute Gasteiger partial charge is 0.450 e. The van der Waals surface area contributed by atoms with Crippen molar-refractivity contribution in [3.05, 3.63) is 0 Å². The Kier molecular flexibility index (Phi) is 17.3. The fourth-order valence-corrected chi connectivity index (χ4v) is 4.26. The Hall–Kier alpha value is -1.83. The molecule has 2 N–H and O–H groups in total. The van der Waals surface area contributed by atoms with E-state index < -0.39 is 30.4 Å². The second-order valence-corrected chi connectivity index (χ2v) is 10.1. The number of rotatable bonds is 19. The first kappa shape index (κ1) is 31.2. The van der Waals surface area contributed by atoms with Gasteiger partial charge in [-0.1, -0.05) is 91.4 Å². The molecule has 0 aromatic rings. The number of amides is 2. The number of carbonyl (C=O) groups is 3. The number of ether oxygens (including phenoxy) is 3. The summed E-state index contributed by atoms with van der Waals surface area (Å²) in [4.78, 5) is 36.3. The maximum Gasteiger partial charge on any atom is 0.407 e. The van der Waals surface area contributed by atoms with Crippen molar-refractivity contribution in [2.24, 2.45) is 5.92 Å². The summed E-state index contributed by atoms with van der Waals surface area (Å²) in [6.07, 6.45) is 14.6. The average molecular weight is 499 g/mol. The first-order valence-corrected chi connectivity index (χ1v) is 13.9. The lowest BCUT2D eigenvalue weighted by molar-refractivity contribution is -0.170. The van der Waals surface area contributed by atoms with Crippen molar-refractivity contribution in [1.29, 1.82) is 0 Å². The minimum Gasteiger partial charge on any atom is -0.450 e. The zero-order valence-electron chi connectivity index (χ0n) is 22.6. The third kappa shape index (κ3) is 15.7. The molecule has 1 aliphatic heterocycles. The van der Waals surface area contributed by atoms with E-state index in [1.165, 1.54) is 64.7 Å². The summed E-state index contributed by atoms with van der Waals surface area (Å²) in [5, 5.41) is 5.55. The van der Waals surface area contributed by atoms with Crippen molar-refractivity contribution in [3.8, 4) is 0 Å². The lowest BCUT2D eigenvalue weighted by Gasteiger charge is -2.24. The Morgan fingerprint density at radius 2 is 1.49 bits per heavy atom. The van der Waals surface area contributed by atoms with E-state index in [9.17, 15) is 14.4 Å². The van der Waals surface area contributed by atoms with Gasteiger partial charge in [-0.25, -0.2) is 4.79 Å². The Morgan fingerprint density at radius 3 is 2.03 bits per heavy atom. The van der Waals surface area contributed by atoms with Gasteiger partial charge in [0.05, 0.1) is 19.3 Å². The van der Waals surface area contributed by atoms with Crippen LogP contribution in [-0.4, -0.2) is 49.6 Å². The normalized spacial score (nSPS) is 18.3. The van der Waals surface area contributed by atoms with Gasteiger partial charge < -0.3 is 24.8 Å². The first-order valence-electron chi connectivity index (χ1n) is 13.9. The second-order valence-electron chi connectivity index (χ2n) is 10.1. The molecule has 1 fully saturated rings. The van der Waals surface area contributed by atoms with Crippen molar-refractivity contribution in [1.82, 2.24) is 10.6 Å². The van der Waals surface area contributed by atoms with Crippen LogP contribution in [0, 0.1) is 5.92 Å². The van der Waals surface area contributed by atoms with Crippen LogP contribution < -0.4 is 10.6 Å². The summed E-state index contributed by atoms with van der Waals surface area (Å²) in [6, 6.07) is -1.15. The summed E-state index contributed by atoms with van der Waals surface area (Å²) in [6.45, 7) is 8.27. The SMILES string of the molecule is CCCCCCCCCCCCCCOC(=O)NC(CC(C)C)C(=O)N[C@H]1CCO[C@H]1OC(C)=O. The number of unbranched alkanes of at least 4 members (excludes halogenated alkanes) is 11. The first-order chi connectivity index (χ1) is 16.8. The van der Waals surface area contributed by atoms with E-state index in [-0.39, 0.29) is 11.8 Å². The molecular formula is C27H50N2O6. The van der Waals surface area contributed by atoms with E-state index in [1.54, 1.807) is 0 Å². The molecule has 0 aliphatic carbocycles. The maximum atomic E-state index is 12.8.